The van der Waals surface area contributed by atoms with Crippen molar-refractivity contribution in [1.29, 1.82) is 0 Å². The van der Waals surface area contributed by atoms with Crippen LogP contribution in [-0.4, -0.2) is 12.5 Å². The second-order valence-corrected chi connectivity index (χ2v) is 5.85. The molecule has 1 aromatic carbocycles. The first-order valence-corrected chi connectivity index (χ1v) is 6.80. The molecule has 0 spiro atoms. The van der Waals surface area contributed by atoms with Crippen molar-refractivity contribution in [1.82, 2.24) is 5.32 Å². The van der Waals surface area contributed by atoms with Crippen molar-refractivity contribution < 1.29 is 8.78 Å². The fraction of sp³-hybridized carbons (Fsp3) is 0.571. The lowest BCUT2D eigenvalue weighted by atomic mass is 9.91. The molecule has 2 saturated carbocycles. The molecule has 2 aliphatic rings. The number of benzene rings is 1. The third kappa shape index (κ3) is 2.26. The standard InChI is InChI=1S/C14H16ClF2N/c15-10-1-4-12(14(5-6-14)13(16)17)9(7-10)8-18-11-2-3-11/h1,4,7,11,13,18H,2-3,5-6,8H2. The Bertz CT molecular complexity index is 453. The number of halogens is 3. The highest BCUT2D eigenvalue weighted by atomic mass is 35.5. The fourth-order valence-corrected chi connectivity index (χ4v) is 2.67. The van der Waals surface area contributed by atoms with E-state index in [2.05, 4.69) is 5.32 Å². The van der Waals surface area contributed by atoms with Gasteiger partial charge in [-0.15, -0.1) is 0 Å². The molecule has 0 aromatic heterocycles. The summed E-state index contributed by atoms with van der Waals surface area (Å²) in [5.74, 6) is 0. The summed E-state index contributed by atoms with van der Waals surface area (Å²) >= 11 is 5.98. The first kappa shape index (κ1) is 12.4. The molecule has 0 bridgehead atoms. The fourth-order valence-electron chi connectivity index (χ4n) is 2.48. The van der Waals surface area contributed by atoms with Gasteiger partial charge in [-0.1, -0.05) is 17.7 Å². The smallest absolute Gasteiger partial charge is 0.248 e. The molecule has 0 unspecified atom stereocenters. The maximum absolute atomic E-state index is 13.2. The van der Waals surface area contributed by atoms with Gasteiger partial charge < -0.3 is 5.32 Å². The van der Waals surface area contributed by atoms with Crippen molar-refractivity contribution in [2.75, 3.05) is 0 Å². The van der Waals surface area contributed by atoms with Crippen molar-refractivity contribution >= 4 is 11.6 Å². The third-order valence-corrected chi connectivity index (χ3v) is 4.20. The van der Waals surface area contributed by atoms with E-state index in [0.29, 0.717) is 30.5 Å². The van der Waals surface area contributed by atoms with Crippen LogP contribution in [0.4, 0.5) is 8.78 Å². The summed E-state index contributed by atoms with van der Waals surface area (Å²) in [6.45, 7) is 0.648. The lowest BCUT2D eigenvalue weighted by Crippen LogP contribution is -2.23. The van der Waals surface area contributed by atoms with Crippen molar-refractivity contribution in [3.8, 4) is 0 Å². The molecule has 0 aliphatic heterocycles. The summed E-state index contributed by atoms with van der Waals surface area (Å²) in [6.07, 6.45) is 1.27. The zero-order valence-corrected chi connectivity index (χ0v) is 10.8. The van der Waals surface area contributed by atoms with Crippen LogP contribution in [0.15, 0.2) is 18.2 Å². The van der Waals surface area contributed by atoms with Gasteiger partial charge >= 0.3 is 0 Å². The predicted molar refractivity (Wildman–Crippen MR) is 68.2 cm³/mol. The Balaban J connectivity index is 1.87. The van der Waals surface area contributed by atoms with Crippen LogP contribution < -0.4 is 5.32 Å². The van der Waals surface area contributed by atoms with Crippen molar-refractivity contribution in [3.63, 3.8) is 0 Å². The average molecular weight is 272 g/mol. The number of hydrogen-bond donors (Lipinski definition) is 1. The van der Waals surface area contributed by atoms with E-state index < -0.39 is 11.8 Å². The molecule has 0 amide bonds. The number of alkyl halides is 2. The minimum Gasteiger partial charge on any atom is -0.310 e. The predicted octanol–water partition coefficient (Wildman–Crippen LogP) is 3.89. The van der Waals surface area contributed by atoms with Crippen molar-refractivity contribution in [3.05, 3.63) is 34.3 Å². The summed E-state index contributed by atoms with van der Waals surface area (Å²) in [5.41, 5.74) is 0.827. The Morgan fingerprint density at radius 1 is 1.33 bits per heavy atom. The molecule has 1 N–H and O–H groups in total. The minimum absolute atomic E-state index is 0.568. The zero-order valence-electron chi connectivity index (χ0n) is 10.1. The molecule has 0 heterocycles. The van der Waals surface area contributed by atoms with Crippen molar-refractivity contribution in [2.24, 2.45) is 0 Å². The number of nitrogens with one attached hydrogen (secondary N) is 1. The molecule has 0 saturated heterocycles. The van der Waals surface area contributed by atoms with E-state index in [-0.39, 0.29) is 0 Å². The van der Waals surface area contributed by atoms with E-state index in [1.54, 1.807) is 12.1 Å². The molecule has 4 heteroatoms. The van der Waals surface area contributed by atoms with Gasteiger partial charge in [0.1, 0.15) is 0 Å². The zero-order chi connectivity index (χ0) is 12.8. The first-order chi connectivity index (χ1) is 8.62. The Labute approximate surface area is 111 Å². The summed E-state index contributed by atoms with van der Waals surface area (Å²) in [5, 5.41) is 4.00. The van der Waals surface area contributed by atoms with Gasteiger partial charge in [0.2, 0.25) is 6.43 Å². The van der Waals surface area contributed by atoms with Gasteiger partial charge in [0.25, 0.3) is 0 Å². The van der Waals surface area contributed by atoms with Gasteiger partial charge in [-0.3, -0.25) is 0 Å². The topological polar surface area (TPSA) is 12.0 Å². The van der Waals surface area contributed by atoms with Gasteiger partial charge in [0.15, 0.2) is 0 Å². The molecule has 98 valence electrons. The number of rotatable bonds is 5. The van der Waals surface area contributed by atoms with E-state index in [0.717, 1.165) is 11.1 Å². The van der Waals surface area contributed by atoms with Crippen LogP contribution in [0.2, 0.25) is 5.02 Å². The molecule has 1 aromatic rings. The Hall–Kier alpha value is -0.670. The molecule has 1 nitrogen and oxygen atoms in total. The lowest BCUT2D eigenvalue weighted by molar-refractivity contribution is 0.101. The molecule has 18 heavy (non-hydrogen) atoms. The van der Waals surface area contributed by atoms with E-state index in [4.69, 9.17) is 11.6 Å². The van der Waals surface area contributed by atoms with Gasteiger partial charge in [-0.25, -0.2) is 8.78 Å². The van der Waals surface area contributed by atoms with Gasteiger partial charge in [-0.2, -0.15) is 0 Å². The van der Waals surface area contributed by atoms with Gasteiger partial charge in [0.05, 0.1) is 5.41 Å². The quantitative estimate of drug-likeness (QED) is 0.857. The highest BCUT2D eigenvalue weighted by molar-refractivity contribution is 6.30. The van der Waals surface area contributed by atoms with Crippen LogP contribution in [-0.2, 0) is 12.0 Å². The van der Waals surface area contributed by atoms with Crippen LogP contribution >= 0.6 is 11.6 Å². The largest absolute Gasteiger partial charge is 0.310 e. The maximum atomic E-state index is 13.2. The second-order valence-electron chi connectivity index (χ2n) is 5.41. The Morgan fingerprint density at radius 3 is 2.61 bits per heavy atom. The summed E-state index contributed by atoms with van der Waals surface area (Å²) in [6, 6.07) is 5.90. The highest BCUT2D eigenvalue weighted by Gasteiger charge is 2.53. The molecular formula is C14H16ClF2N. The van der Waals surface area contributed by atoms with Crippen LogP contribution in [0.1, 0.15) is 36.8 Å². The van der Waals surface area contributed by atoms with Gasteiger partial charge in [0, 0.05) is 17.6 Å². The average Bonchev–Trinajstić information content (AvgIpc) is 3.20. The Morgan fingerprint density at radius 2 is 2.06 bits per heavy atom. The summed E-state index contributed by atoms with van der Waals surface area (Å²) in [4.78, 5) is 0. The van der Waals surface area contributed by atoms with Crippen molar-refractivity contribution in [2.45, 2.75) is 50.1 Å². The normalized spacial score (nSPS) is 21.3. The van der Waals surface area contributed by atoms with E-state index in [9.17, 15) is 8.78 Å². The van der Waals surface area contributed by atoms with E-state index in [1.165, 1.54) is 12.8 Å². The number of hydrogen-bond acceptors (Lipinski definition) is 1. The monoisotopic (exact) mass is 271 g/mol. The van der Waals surface area contributed by atoms with Gasteiger partial charge in [-0.05, 0) is 48.9 Å². The van der Waals surface area contributed by atoms with Crippen LogP contribution in [0.5, 0.6) is 0 Å². The SMILES string of the molecule is FC(F)C1(c2ccc(Cl)cc2CNC2CC2)CC1. The molecule has 2 aliphatic carbocycles. The van der Waals surface area contributed by atoms with Crippen LogP contribution in [0.3, 0.4) is 0 Å². The summed E-state index contributed by atoms with van der Waals surface area (Å²) in [7, 11) is 0. The molecule has 0 radical (unpaired) electrons. The van der Waals surface area contributed by atoms with E-state index in [1.807, 2.05) is 6.07 Å². The molecular weight excluding hydrogens is 256 g/mol. The second kappa shape index (κ2) is 4.46. The third-order valence-electron chi connectivity index (χ3n) is 3.97. The molecule has 2 fully saturated rings. The maximum Gasteiger partial charge on any atom is 0.248 e. The van der Waals surface area contributed by atoms with E-state index >= 15 is 0 Å². The molecule has 3 rings (SSSR count). The van der Waals surface area contributed by atoms with Crippen LogP contribution in [0, 0.1) is 0 Å². The highest BCUT2D eigenvalue weighted by Crippen LogP contribution is 2.53. The summed E-state index contributed by atoms with van der Waals surface area (Å²) < 4.78 is 26.4. The molecule has 0 atom stereocenters. The van der Waals surface area contributed by atoms with Crippen LogP contribution in [0.25, 0.3) is 0 Å². The lowest BCUT2D eigenvalue weighted by Gasteiger charge is -2.19. The Kier molecular flexibility index (Phi) is 3.07. The minimum atomic E-state index is -2.28. The first-order valence-electron chi connectivity index (χ1n) is 6.42.